The van der Waals surface area contributed by atoms with Crippen molar-refractivity contribution in [3.05, 3.63) is 24.0 Å². The van der Waals surface area contributed by atoms with E-state index in [4.69, 9.17) is 10.2 Å². The van der Waals surface area contributed by atoms with Crippen LogP contribution in [0.3, 0.4) is 0 Å². The summed E-state index contributed by atoms with van der Waals surface area (Å²) in [6.45, 7) is -1.62. The Bertz CT molecular complexity index is 303. The molecule has 6 heteroatoms. The van der Waals surface area contributed by atoms with Gasteiger partial charge in [-0.2, -0.15) is 0 Å². The second-order valence-electron chi connectivity index (χ2n) is 3.13. The third-order valence-corrected chi connectivity index (χ3v) is 1.73. The minimum Gasteiger partial charge on any atom is -0.506 e. The summed E-state index contributed by atoms with van der Waals surface area (Å²) in [5.41, 5.74) is 0.543. The van der Waals surface area contributed by atoms with Crippen LogP contribution in [0.25, 0.3) is 0 Å². The van der Waals surface area contributed by atoms with Crippen molar-refractivity contribution >= 4 is 0 Å². The molecule has 0 bridgehead atoms. The van der Waals surface area contributed by atoms with E-state index in [1.54, 1.807) is 0 Å². The van der Waals surface area contributed by atoms with Crippen LogP contribution in [0.4, 0.5) is 8.78 Å². The first-order valence-electron chi connectivity index (χ1n) is 4.37. The Balaban J connectivity index is 2.35. The van der Waals surface area contributed by atoms with Gasteiger partial charge >= 0.3 is 0 Å². The Labute approximate surface area is 85.6 Å². The highest BCUT2D eigenvalue weighted by molar-refractivity contribution is 5.17. The maximum Gasteiger partial charge on any atom is 0.282 e. The van der Waals surface area contributed by atoms with Gasteiger partial charge in [0.2, 0.25) is 0 Å². The van der Waals surface area contributed by atoms with Crippen LogP contribution < -0.4 is 5.32 Å². The van der Waals surface area contributed by atoms with Crippen LogP contribution in [-0.2, 0) is 6.54 Å². The van der Waals surface area contributed by atoms with Gasteiger partial charge in [-0.25, -0.2) is 8.78 Å². The van der Waals surface area contributed by atoms with Crippen molar-refractivity contribution in [3.63, 3.8) is 0 Å². The first-order chi connectivity index (χ1) is 7.03. The van der Waals surface area contributed by atoms with Crippen LogP contribution in [0.2, 0.25) is 0 Å². The molecular formula is C9H12F2N2O2. The fourth-order valence-corrected chi connectivity index (χ4v) is 0.951. The zero-order chi connectivity index (χ0) is 11.3. The molecule has 15 heavy (non-hydrogen) atoms. The number of aromatic nitrogens is 1. The molecule has 0 atom stereocenters. The number of aliphatic hydroxyl groups is 1. The number of pyridine rings is 1. The smallest absolute Gasteiger partial charge is 0.282 e. The summed E-state index contributed by atoms with van der Waals surface area (Å²) in [4.78, 5) is 3.80. The molecule has 3 N–H and O–H groups in total. The minimum absolute atomic E-state index is 0.0273. The molecule has 0 unspecified atom stereocenters. The van der Waals surface area contributed by atoms with Gasteiger partial charge in [-0.15, -0.1) is 0 Å². The summed E-state index contributed by atoms with van der Waals surface area (Å²) in [5.74, 6) is -3.09. The van der Waals surface area contributed by atoms with Gasteiger partial charge in [-0.05, 0) is 12.1 Å². The molecule has 0 radical (unpaired) electrons. The summed E-state index contributed by atoms with van der Waals surface area (Å²) < 4.78 is 25.1. The van der Waals surface area contributed by atoms with Crippen LogP contribution in [0.15, 0.2) is 18.3 Å². The van der Waals surface area contributed by atoms with E-state index in [-0.39, 0.29) is 12.3 Å². The van der Waals surface area contributed by atoms with Crippen molar-refractivity contribution < 1.29 is 19.0 Å². The second-order valence-corrected chi connectivity index (χ2v) is 3.13. The zero-order valence-corrected chi connectivity index (χ0v) is 7.95. The second kappa shape index (κ2) is 4.99. The highest BCUT2D eigenvalue weighted by atomic mass is 19.3. The predicted octanol–water partition coefficient (Wildman–Crippen LogP) is 0.504. The number of nitrogens with zero attached hydrogens (tertiary/aromatic N) is 1. The van der Waals surface area contributed by atoms with Crippen molar-refractivity contribution in [2.24, 2.45) is 0 Å². The van der Waals surface area contributed by atoms with Gasteiger partial charge in [0.15, 0.2) is 0 Å². The van der Waals surface area contributed by atoms with E-state index in [0.29, 0.717) is 5.69 Å². The summed E-state index contributed by atoms with van der Waals surface area (Å²) in [7, 11) is 0. The third-order valence-electron chi connectivity index (χ3n) is 1.73. The number of aromatic hydroxyl groups is 1. The van der Waals surface area contributed by atoms with E-state index in [9.17, 15) is 8.78 Å². The number of nitrogens with one attached hydrogen (secondary N) is 1. The summed E-state index contributed by atoms with van der Waals surface area (Å²) in [5, 5.41) is 19.7. The molecule has 0 saturated heterocycles. The predicted molar refractivity (Wildman–Crippen MR) is 49.6 cm³/mol. The van der Waals surface area contributed by atoms with E-state index in [1.807, 2.05) is 0 Å². The van der Waals surface area contributed by atoms with E-state index >= 15 is 0 Å². The minimum atomic E-state index is -3.11. The monoisotopic (exact) mass is 218 g/mol. The molecule has 1 heterocycles. The van der Waals surface area contributed by atoms with Gasteiger partial charge in [-0.3, -0.25) is 4.98 Å². The van der Waals surface area contributed by atoms with Crippen LogP contribution in [0, 0.1) is 0 Å². The standard InChI is InChI=1S/C9H12F2N2O2/c10-9(11,6-14)5-12-3-7-1-2-8(15)4-13-7/h1-2,4,12,14-15H,3,5-6H2. The molecule has 0 saturated carbocycles. The van der Waals surface area contributed by atoms with E-state index in [1.165, 1.54) is 18.3 Å². The quantitative estimate of drug-likeness (QED) is 0.673. The Morgan fingerprint density at radius 2 is 2.13 bits per heavy atom. The highest BCUT2D eigenvalue weighted by Crippen LogP contribution is 2.10. The normalized spacial score (nSPS) is 11.7. The SMILES string of the molecule is OCC(F)(F)CNCc1ccc(O)cn1. The van der Waals surface area contributed by atoms with Gasteiger partial charge in [0.05, 0.1) is 18.4 Å². The Kier molecular flexibility index (Phi) is 3.93. The molecule has 4 nitrogen and oxygen atoms in total. The summed E-state index contributed by atoms with van der Waals surface area (Å²) in [6, 6.07) is 2.95. The topological polar surface area (TPSA) is 65.4 Å². The number of hydrogen-bond acceptors (Lipinski definition) is 4. The Morgan fingerprint density at radius 3 is 2.67 bits per heavy atom. The lowest BCUT2D eigenvalue weighted by Gasteiger charge is -2.13. The fraction of sp³-hybridized carbons (Fsp3) is 0.444. The first kappa shape index (κ1) is 11.8. The first-order valence-corrected chi connectivity index (χ1v) is 4.37. The Morgan fingerprint density at radius 1 is 1.40 bits per heavy atom. The molecule has 0 spiro atoms. The molecule has 0 fully saturated rings. The number of aliphatic hydroxyl groups excluding tert-OH is 1. The number of alkyl halides is 2. The molecular weight excluding hydrogens is 206 g/mol. The van der Waals surface area contributed by atoms with Gasteiger partial charge < -0.3 is 15.5 Å². The summed E-state index contributed by atoms with van der Waals surface area (Å²) >= 11 is 0. The van der Waals surface area contributed by atoms with Crippen molar-refractivity contribution in [1.29, 1.82) is 0 Å². The van der Waals surface area contributed by atoms with E-state index < -0.39 is 19.1 Å². The van der Waals surface area contributed by atoms with Crippen molar-refractivity contribution in [2.75, 3.05) is 13.2 Å². The maximum atomic E-state index is 12.5. The van der Waals surface area contributed by atoms with Crippen molar-refractivity contribution in [1.82, 2.24) is 10.3 Å². The molecule has 0 aliphatic carbocycles. The largest absolute Gasteiger partial charge is 0.506 e. The molecule has 1 aromatic rings. The zero-order valence-electron chi connectivity index (χ0n) is 7.95. The van der Waals surface area contributed by atoms with Crippen LogP contribution in [0.1, 0.15) is 5.69 Å². The Hall–Kier alpha value is -1.27. The maximum absolute atomic E-state index is 12.5. The molecule has 1 aromatic heterocycles. The molecule has 0 aliphatic heterocycles. The lowest BCUT2D eigenvalue weighted by Crippen LogP contribution is -2.35. The lowest BCUT2D eigenvalue weighted by molar-refractivity contribution is -0.0478. The molecule has 84 valence electrons. The van der Waals surface area contributed by atoms with Gasteiger partial charge in [0, 0.05) is 6.54 Å². The van der Waals surface area contributed by atoms with Gasteiger partial charge in [-0.1, -0.05) is 0 Å². The van der Waals surface area contributed by atoms with Crippen molar-refractivity contribution in [3.8, 4) is 5.75 Å². The molecule has 0 aromatic carbocycles. The molecule has 0 amide bonds. The van der Waals surface area contributed by atoms with Crippen LogP contribution in [0.5, 0.6) is 5.75 Å². The summed E-state index contributed by atoms with van der Waals surface area (Å²) in [6.07, 6.45) is 1.24. The lowest BCUT2D eigenvalue weighted by atomic mass is 10.3. The van der Waals surface area contributed by atoms with E-state index in [0.717, 1.165) is 0 Å². The number of hydrogen-bond donors (Lipinski definition) is 3. The van der Waals surface area contributed by atoms with Gasteiger partial charge in [0.1, 0.15) is 12.4 Å². The average Bonchev–Trinajstić information content (AvgIpc) is 2.21. The number of rotatable bonds is 5. The average molecular weight is 218 g/mol. The van der Waals surface area contributed by atoms with Crippen LogP contribution >= 0.6 is 0 Å². The molecule has 1 rings (SSSR count). The fourth-order valence-electron chi connectivity index (χ4n) is 0.951. The highest BCUT2D eigenvalue weighted by Gasteiger charge is 2.26. The van der Waals surface area contributed by atoms with Crippen LogP contribution in [-0.4, -0.2) is 34.3 Å². The van der Waals surface area contributed by atoms with E-state index in [2.05, 4.69) is 10.3 Å². The molecule has 0 aliphatic rings. The van der Waals surface area contributed by atoms with Gasteiger partial charge in [0.25, 0.3) is 5.92 Å². The third kappa shape index (κ3) is 4.18. The number of halogens is 2. The van der Waals surface area contributed by atoms with Crippen molar-refractivity contribution in [2.45, 2.75) is 12.5 Å².